The number of ether oxygens (including phenoxy) is 2. The number of hydrogen-bond acceptors (Lipinski definition) is 6. The number of esters is 1. The molecule has 4 rings (SSSR count). The van der Waals surface area contributed by atoms with E-state index in [9.17, 15) is 14.4 Å². The number of imide groups is 1. The second kappa shape index (κ2) is 12.1. The lowest BCUT2D eigenvalue weighted by Crippen LogP contribution is -2.32. The smallest absolute Gasteiger partial charge is 0.345 e. The Hall–Kier alpha value is -3.26. The largest absolute Gasteiger partial charge is 0.491 e. The molecular weight excluding hydrogens is 545 g/mol. The van der Waals surface area contributed by atoms with E-state index < -0.39 is 11.9 Å². The molecule has 0 aromatic heterocycles. The van der Waals surface area contributed by atoms with Gasteiger partial charge in [0, 0.05) is 5.02 Å². The van der Waals surface area contributed by atoms with Gasteiger partial charge in [-0.15, -0.1) is 0 Å². The Bertz CT molecular complexity index is 1440. The normalized spacial score (nSPS) is 14.5. The molecule has 0 aliphatic carbocycles. The lowest BCUT2D eigenvalue weighted by Gasteiger charge is -2.17. The van der Waals surface area contributed by atoms with Crippen LogP contribution in [-0.4, -0.2) is 35.2 Å². The molecule has 2 amide bonds. The molecule has 1 fully saturated rings. The van der Waals surface area contributed by atoms with Gasteiger partial charge in [-0.05, 0) is 83.8 Å². The molecule has 0 spiro atoms. The Morgan fingerprint density at radius 2 is 1.84 bits per heavy atom. The second-order valence-electron chi connectivity index (χ2n) is 8.96. The quantitative estimate of drug-likeness (QED) is 0.157. The van der Waals surface area contributed by atoms with Gasteiger partial charge < -0.3 is 9.47 Å². The zero-order chi connectivity index (χ0) is 27.4. The molecule has 1 aliphatic rings. The monoisotopic (exact) mass is 569 g/mol. The summed E-state index contributed by atoms with van der Waals surface area (Å²) in [6.07, 6.45) is 1.59. The minimum absolute atomic E-state index is 0.132. The van der Waals surface area contributed by atoms with Crippen LogP contribution in [0.25, 0.3) is 6.08 Å². The third kappa shape index (κ3) is 6.59. The average Bonchev–Trinajstić information content (AvgIpc) is 3.11. The minimum atomic E-state index is -0.640. The highest BCUT2D eigenvalue weighted by atomic mass is 35.5. The van der Waals surface area contributed by atoms with Gasteiger partial charge in [-0.25, -0.2) is 4.79 Å². The van der Waals surface area contributed by atoms with E-state index in [1.807, 2.05) is 25.1 Å². The third-order valence-corrected chi connectivity index (χ3v) is 7.21. The Labute approximate surface area is 235 Å². The maximum absolute atomic E-state index is 13.0. The maximum atomic E-state index is 13.0. The van der Waals surface area contributed by atoms with Gasteiger partial charge in [0.1, 0.15) is 18.1 Å². The molecule has 3 aromatic rings. The molecule has 38 heavy (non-hydrogen) atoms. The van der Waals surface area contributed by atoms with Crippen LogP contribution < -0.4 is 9.47 Å². The zero-order valence-corrected chi connectivity index (χ0v) is 23.3. The van der Waals surface area contributed by atoms with Gasteiger partial charge in [0.2, 0.25) is 0 Å². The zero-order valence-electron chi connectivity index (χ0n) is 21.0. The molecule has 1 saturated heterocycles. The molecule has 0 radical (unpaired) electrons. The first-order chi connectivity index (χ1) is 18.1. The predicted molar refractivity (Wildman–Crippen MR) is 151 cm³/mol. The molecule has 0 atom stereocenters. The fraction of sp³-hybridized carbons (Fsp3) is 0.207. The molecule has 9 heteroatoms. The second-order valence-corrected chi connectivity index (χ2v) is 10.8. The summed E-state index contributed by atoms with van der Waals surface area (Å²) < 4.78 is 11.4. The highest BCUT2D eigenvalue weighted by Gasteiger charge is 2.34. The van der Waals surface area contributed by atoms with Crippen molar-refractivity contribution in [2.24, 2.45) is 0 Å². The van der Waals surface area contributed by atoms with E-state index in [1.165, 1.54) is 17.0 Å². The first-order valence-electron chi connectivity index (χ1n) is 11.9. The highest BCUT2D eigenvalue weighted by molar-refractivity contribution is 8.18. The number of hydrogen-bond donors (Lipinski definition) is 0. The highest BCUT2D eigenvalue weighted by Crippen LogP contribution is 2.33. The van der Waals surface area contributed by atoms with Gasteiger partial charge >= 0.3 is 5.97 Å². The number of benzene rings is 3. The number of thioether (sulfide) groups is 1. The molecule has 1 heterocycles. The van der Waals surface area contributed by atoms with E-state index in [1.54, 1.807) is 36.4 Å². The average molecular weight is 570 g/mol. The summed E-state index contributed by atoms with van der Waals surface area (Å²) in [5.74, 6) is 0.268. The first-order valence-corrected chi connectivity index (χ1v) is 13.5. The van der Waals surface area contributed by atoms with E-state index in [2.05, 4.69) is 13.8 Å². The van der Waals surface area contributed by atoms with Crippen molar-refractivity contribution in [1.82, 2.24) is 4.90 Å². The summed E-state index contributed by atoms with van der Waals surface area (Å²) in [7, 11) is 0. The topological polar surface area (TPSA) is 72.9 Å². The van der Waals surface area contributed by atoms with E-state index in [-0.39, 0.29) is 45.5 Å². The SMILES string of the molecule is Cc1ccc(C(C)C)c(OCCN2C(=O)S/C(=C\c3cccc(OC(=O)c4ccc(Cl)cc4Cl)c3)C2=O)c1. The number of halogens is 2. The molecule has 0 saturated carbocycles. The molecule has 6 nitrogen and oxygen atoms in total. The minimum Gasteiger partial charge on any atom is -0.491 e. The van der Waals surface area contributed by atoms with Crippen molar-refractivity contribution < 1.29 is 23.9 Å². The van der Waals surface area contributed by atoms with Crippen LogP contribution in [0.2, 0.25) is 10.0 Å². The summed E-state index contributed by atoms with van der Waals surface area (Å²) in [4.78, 5) is 39.5. The Balaban J connectivity index is 1.41. The number of aryl methyl sites for hydroxylation is 1. The molecule has 0 unspecified atom stereocenters. The van der Waals surface area contributed by atoms with Crippen LogP contribution in [-0.2, 0) is 4.79 Å². The maximum Gasteiger partial charge on any atom is 0.345 e. The van der Waals surface area contributed by atoms with E-state index in [0.29, 0.717) is 10.6 Å². The van der Waals surface area contributed by atoms with Crippen LogP contribution in [0.4, 0.5) is 4.79 Å². The predicted octanol–water partition coefficient (Wildman–Crippen LogP) is 7.76. The van der Waals surface area contributed by atoms with Crippen LogP contribution in [0.5, 0.6) is 11.5 Å². The molecule has 196 valence electrons. The molecule has 1 aliphatic heterocycles. The van der Waals surface area contributed by atoms with Crippen molar-refractivity contribution in [3.05, 3.63) is 97.9 Å². The van der Waals surface area contributed by atoms with Crippen LogP contribution in [0.3, 0.4) is 0 Å². The number of carbonyl (C=O) groups excluding carboxylic acids is 3. The van der Waals surface area contributed by atoms with Crippen LogP contribution in [0, 0.1) is 6.92 Å². The van der Waals surface area contributed by atoms with Gasteiger partial charge in [0.25, 0.3) is 11.1 Å². The fourth-order valence-electron chi connectivity index (χ4n) is 3.82. The number of rotatable bonds is 8. The Morgan fingerprint density at radius 3 is 2.58 bits per heavy atom. The standard InChI is InChI=1S/C29H25Cl2NO5S/c1-17(2)22-9-7-18(3)13-25(22)36-12-11-32-27(33)26(38-29(32)35)15-19-5-4-6-21(14-19)37-28(34)23-10-8-20(30)16-24(23)31/h4-10,13-17H,11-12H2,1-3H3/b26-15-. The summed E-state index contributed by atoms with van der Waals surface area (Å²) in [6.45, 7) is 6.48. The lowest BCUT2D eigenvalue weighted by molar-refractivity contribution is -0.123. The van der Waals surface area contributed by atoms with Crippen molar-refractivity contribution in [3.8, 4) is 11.5 Å². The van der Waals surface area contributed by atoms with Gasteiger partial charge in [-0.3, -0.25) is 14.5 Å². The van der Waals surface area contributed by atoms with Crippen LogP contribution in [0.15, 0.2) is 65.6 Å². The summed E-state index contributed by atoms with van der Waals surface area (Å²) in [6, 6.07) is 17.2. The number of amides is 2. The van der Waals surface area contributed by atoms with Crippen molar-refractivity contribution in [2.45, 2.75) is 26.7 Å². The lowest BCUT2D eigenvalue weighted by atomic mass is 10.0. The summed E-state index contributed by atoms with van der Waals surface area (Å²) in [5.41, 5.74) is 2.92. The van der Waals surface area contributed by atoms with E-state index in [4.69, 9.17) is 32.7 Å². The first kappa shape index (κ1) is 27.8. The van der Waals surface area contributed by atoms with Crippen molar-refractivity contribution in [2.75, 3.05) is 13.2 Å². The molecule has 0 N–H and O–H groups in total. The van der Waals surface area contributed by atoms with Gasteiger partial charge in [-0.1, -0.05) is 61.3 Å². The van der Waals surface area contributed by atoms with Gasteiger partial charge in [0.15, 0.2) is 0 Å². The van der Waals surface area contributed by atoms with E-state index in [0.717, 1.165) is 28.6 Å². The summed E-state index contributed by atoms with van der Waals surface area (Å²) in [5, 5.41) is 0.224. The molecule has 0 bridgehead atoms. The number of nitrogens with zero attached hydrogens (tertiary/aromatic N) is 1. The number of carbonyl (C=O) groups is 3. The third-order valence-electron chi connectivity index (χ3n) is 5.75. The van der Waals surface area contributed by atoms with Crippen molar-refractivity contribution in [1.29, 1.82) is 0 Å². The Kier molecular flexibility index (Phi) is 8.82. The van der Waals surface area contributed by atoms with Crippen LogP contribution in [0.1, 0.15) is 46.8 Å². The van der Waals surface area contributed by atoms with Gasteiger partial charge in [0.05, 0.1) is 22.0 Å². The summed E-state index contributed by atoms with van der Waals surface area (Å²) >= 11 is 12.8. The fourth-order valence-corrected chi connectivity index (χ4v) is 5.17. The molecular formula is C29H25Cl2NO5S. The Morgan fingerprint density at radius 1 is 1.05 bits per heavy atom. The van der Waals surface area contributed by atoms with Crippen LogP contribution >= 0.6 is 35.0 Å². The molecule has 3 aromatic carbocycles. The van der Waals surface area contributed by atoms with Crippen molar-refractivity contribution >= 4 is 58.2 Å². The van der Waals surface area contributed by atoms with Crippen molar-refractivity contribution in [3.63, 3.8) is 0 Å². The van der Waals surface area contributed by atoms with E-state index >= 15 is 0 Å². The van der Waals surface area contributed by atoms with Gasteiger partial charge in [-0.2, -0.15) is 0 Å².